The molecule has 2 fully saturated rings. The predicted octanol–water partition coefficient (Wildman–Crippen LogP) is 3.90. The van der Waals surface area contributed by atoms with Crippen molar-refractivity contribution in [2.24, 2.45) is 0 Å². The molecule has 2 aromatic carbocycles. The lowest BCUT2D eigenvalue weighted by Gasteiger charge is -2.17. The molecule has 0 atom stereocenters. The fourth-order valence-electron chi connectivity index (χ4n) is 3.86. The summed E-state index contributed by atoms with van der Waals surface area (Å²) in [7, 11) is 0. The third kappa shape index (κ3) is 6.67. The van der Waals surface area contributed by atoms with Crippen LogP contribution in [-0.4, -0.2) is 65.6 Å². The molecule has 0 spiro atoms. The maximum Gasteiger partial charge on any atom is 0.294 e. The number of imide groups is 1. The lowest BCUT2D eigenvalue weighted by Crippen LogP contribution is -2.36. The molecule has 0 saturated carbocycles. The standard InChI is InChI=1S/C26H26FN3O6S/c1-2-35-21-13-17(5-10-20(21)36-16-24(32)29-11-3-4-12-29)14-22-25(33)30(26(34)37-22)15-23(31)28-19-8-6-18(27)7-9-19/h5-10,13-14H,2-4,11-12,15-16H2,1H3,(H,28,31)/b22-14-. The fourth-order valence-corrected chi connectivity index (χ4v) is 4.70. The molecule has 0 aliphatic carbocycles. The first-order chi connectivity index (χ1) is 17.8. The summed E-state index contributed by atoms with van der Waals surface area (Å²) in [5.41, 5.74) is 0.935. The molecule has 0 aromatic heterocycles. The van der Waals surface area contributed by atoms with Crippen molar-refractivity contribution in [2.75, 3.05) is 38.2 Å². The zero-order chi connectivity index (χ0) is 26.4. The average Bonchev–Trinajstić information content (AvgIpc) is 3.50. The minimum absolute atomic E-state index is 0.0823. The first-order valence-electron chi connectivity index (χ1n) is 11.8. The summed E-state index contributed by atoms with van der Waals surface area (Å²) < 4.78 is 24.4. The van der Waals surface area contributed by atoms with Crippen molar-refractivity contribution in [3.63, 3.8) is 0 Å². The van der Waals surface area contributed by atoms with E-state index >= 15 is 0 Å². The highest BCUT2D eigenvalue weighted by atomic mass is 32.2. The van der Waals surface area contributed by atoms with Crippen LogP contribution in [0.2, 0.25) is 0 Å². The molecule has 2 aromatic rings. The van der Waals surface area contributed by atoms with E-state index in [9.17, 15) is 23.6 Å². The van der Waals surface area contributed by atoms with Crippen molar-refractivity contribution in [3.8, 4) is 11.5 Å². The van der Waals surface area contributed by atoms with Crippen molar-refractivity contribution < 1.29 is 33.0 Å². The lowest BCUT2D eigenvalue weighted by molar-refractivity contribution is -0.132. The van der Waals surface area contributed by atoms with Gasteiger partial charge in [-0.05, 0) is 79.6 Å². The van der Waals surface area contributed by atoms with E-state index in [0.717, 1.165) is 42.6 Å². The summed E-state index contributed by atoms with van der Waals surface area (Å²) in [6, 6.07) is 10.1. The van der Waals surface area contributed by atoms with Crippen LogP contribution < -0.4 is 14.8 Å². The van der Waals surface area contributed by atoms with Crippen molar-refractivity contribution in [1.82, 2.24) is 9.80 Å². The molecular formula is C26H26FN3O6S. The van der Waals surface area contributed by atoms with Gasteiger partial charge in [-0.3, -0.25) is 24.1 Å². The number of hydrogen-bond donors (Lipinski definition) is 1. The largest absolute Gasteiger partial charge is 0.490 e. The van der Waals surface area contributed by atoms with Gasteiger partial charge in [-0.15, -0.1) is 0 Å². The van der Waals surface area contributed by atoms with E-state index in [2.05, 4.69) is 5.32 Å². The molecule has 0 radical (unpaired) electrons. The highest BCUT2D eigenvalue weighted by Gasteiger charge is 2.36. The second-order valence-corrected chi connectivity index (χ2v) is 9.33. The third-order valence-corrected chi connectivity index (χ3v) is 6.59. The summed E-state index contributed by atoms with van der Waals surface area (Å²) in [5, 5.41) is 1.96. The summed E-state index contributed by atoms with van der Waals surface area (Å²) in [5.74, 6) is -0.907. The summed E-state index contributed by atoms with van der Waals surface area (Å²) in [6.07, 6.45) is 3.52. The third-order valence-electron chi connectivity index (χ3n) is 5.68. The topological polar surface area (TPSA) is 105 Å². The van der Waals surface area contributed by atoms with Gasteiger partial charge in [0.05, 0.1) is 11.5 Å². The van der Waals surface area contributed by atoms with Crippen molar-refractivity contribution in [2.45, 2.75) is 19.8 Å². The van der Waals surface area contributed by atoms with Crippen LogP contribution in [0.25, 0.3) is 6.08 Å². The number of nitrogens with zero attached hydrogens (tertiary/aromatic N) is 2. The number of ether oxygens (including phenoxy) is 2. The zero-order valence-electron chi connectivity index (χ0n) is 20.2. The van der Waals surface area contributed by atoms with Gasteiger partial charge in [0.25, 0.3) is 17.1 Å². The number of rotatable bonds is 9. The minimum atomic E-state index is -0.598. The molecule has 0 bridgehead atoms. The van der Waals surface area contributed by atoms with E-state index in [4.69, 9.17) is 9.47 Å². The predicted molar refractivity (Wildman–Crippen MR) is 137 cm³/mol. The maximum atomic E-state index is 13.0. The number of carbonyl (C=O) groups is 4. The summed E-state index contributed by atoms with van der Waals surface area (Å²) in [6.45, 7) is 3.08. The Morgan fingerprint density at radius 1 is 1.05 bits per heavy atom. The highest BCUT2D eigenvalue weighted by molar-refractivity contribution is 8.18. The Kier molecular flexibility index (Phi) is 8.44. The quantitative estimate of drug-likeness (QED) is 0.493. The number of amides is 4. The average molecular weight is 528 g/mol. The number of anilines is 1. The molecule has 2 saturated heterocycles. The van der Waals surface area contributed by atoms with Gasteiger partial charge in [-0.2, -0.15) is 0 Å². The molecule has 1 N–H and O–H groups in total. The molecule has 11 heteroatoms. The smallest absolute Gasteiger partial charge is 0.294 e. The van der Waals surface area contributed by atoms with Crippen LogP contribution in [0.1, 0.15) is 25.3 Å². The van der Waals surface area contributed by atoms with Crippen molar-refractivity contribution in [1.29, 1.82) is 0 Å². The number of thioether (sulfide) groups is 1. The molecule has 194 valence electrons. The lowest BCUT2D eigenvalue weighted by atomic mass is 10.2. The molecule has 9 nitrogen and oxygen atoms in total. The molecular weight excluding hydrogens is 501 g/mol. The van der Waals surface area contributed by atoms with Gasteiger partial charge in [0.2, 0.25) is 5.91 Å². The monoisotopic (exact) mass is 527 g/mol. The Balaban J connectivity index is 1.41. The second kappa shape index (κ2) is 11.9. The van der Waals surface area contributed by atoms with Gasteiger partial charge >= 0.3 is 0 Å². The van der Waals surface area contributed by atoms with Gasteiger partial charge in [-0.1, -0.05) is 6.07 Å². The van der Waals surface area contributed by atoms with Gasteiger partial charge in [0, 0.05) is 18.8 Å². The molecule has 0 unspecified atom stereocenters. The van der Waals surface area contributed by atoms with Gasteiger partial charge < -0.3 is 19.7 Å². The Bertz CT molecular complexity index is 1230. The Labute approximate surface area is 217 Å². The van der Waals surface area contributed by atoms with Crippen LogP contribution in [0.4, 0.5) is 14.9 Å². The Morgan fingerprint density at radius 3 is 2.49 bits per heavy atom. The first kappa shape index (κ1) is 26.2. The number of halogens is 1. The van der Waals surface area contributed by atoms with E-state index in [0.29, 0.717) is 29.4 Å². The van der Waals surface area contributed by atoms with Crippen LogP contribution in [0.3, 0.4) is 0 Å². The van der Waals surface area contributed by atoms with Crippen LogP contribution in [-0.2, 0) is 14.4 Å². The number of benzene rings is 2. The molecule has 37 heavy (non-hydrogen) atoms. The van der Waals surface area contributed by atoms with Gasteiger partial charge in [0.15, 0.2) is 18.1 Å². The maximum absolute atomic E-state index is 13.0. The van der Waals surface area contributed by atoms with Gasteiger partial charge in [0.1, 0.15) is 12.4 Å². The van der Waals surface area contributed by atoms with E-state index in [1.165, 1.54) is 30.3 Å². The minimum Gasteiger partial charge on any atom is -0.490 e. The molecule has 2 heterocycles. The normalized spacial score (nSPS) is 16.4. The van der Waals surface area contributed by atoms with E-state index < -0.39 is 29.4 Å². The Morgan fingerprint density at radius 2 is 1.78 bits per heavy atom. The molecule has 4 rings (SSSR count). The van der Waals surface area contributed by atoms with E-state index in [1.54, 1.807) is 23.1 Å². The van der Waals surface area contributed by atoms with Crippen molar-refractivity contribution in [3.05, 3.63) is 58.8 Å². The van der Waals surface area contributed by atoms with Crippen LogP contribution >= 0.6 is 11.8 Å². The summed E-state index contributed by atoms with van der Waals surface area (Å²) >= 11 is 0.725. The zero-order valence-corrected chi connectivity index (χ0v) is 21.0. The second-order valence-electron chi connectivity index (χ2n) is 8.34. The fraction of sp³-hybridized carbons (Fsp3) is 0.308. The van der Waals surface area contributed by atoms with Crippen LogP contribution in [0.5, 0.6) is 11.5 Å². The number of carbonyl (C=O) groups excluding carboxylic acids is 4. The molecule has 4 amide bonds. The first-order valence-corrected chi connectivity index (χ1v) is 12.6. The number of nitrogens with one attached hydrogen (secondary N) is 1. The molecule has 2 aliphatic heterocycles. The van der Waals surface area contributed by atoms with E-state index in [1.807, 2.05) is 6.92 Å². The van der Waals surface area contributed by atoms with E-state index in [-0.39, 0.29) is 17.4 Å². The number of hydrogen-bond acceptors (Lipinski definition) is 7. The van der Waals surface area contributed by atoms with Crippen molar-refractivity contribution >= 4 is 46.5 Å². The highest BCUT2D eigenvalue weighted by Crippen LogP contribution is 2.34. The SMILES string of the molecule is CCOc1cc(/C=C2\SC(=O)N(CC(=O)Nc3ccc(F)cc3)C2=O)ccc1OCC(=O)N1CCCC1. The molecule has 2 aliphatic rings. The van der Waals surface area contributed by atoms with Crippen LogP contribution in [0.15, 0.2) is 47.4 Å². The summed E-state index contributed by atoms with van der Waals surface area (Å²) in [4.78, 5) is 52.6. The number of likely N-dealkylation sites (tertiary alicyclic amines) is 1. The Hall–Kier alpha value is -3.86. The van der Waals surface area contributed by atoms with Crippen LogP contribution in [0, 0.1) is 5.82 Å². The van der Waals surface area contributed by atoms with Gasteiger partial charge in [-0.25, -0.2) is 4.39 Å².